The van der Waals surface area contributed by atoms with Crippen molar-refractivity contribution < 1.29 is 38.8 Å². The van der Waals surface area contributed by atoms with Gasteiger partial charge in [0.2, 0.25) is 0 Å². The van der Waals surface area contributed by atoms with Gasteiger partial charge in [-0.15, -0.1) is 0 Å². The molecule has 0 amide bonds. The molecule has 1 aromatic carbocycles. The summed E-state index contributed by atoms with van der Waals surface area (Å²) in [6.07, 6.45) is 13.5. The molecule has 0 radical (unpaired) electrons. The van der Waals surface area contributed by atoms with E-state index >= 15 is 0 Å². The second kappa shape index (κ2) is 16.4. The third kappa shape index (κ3) is 7.49. The molecular formula is C44H60N2O8. The number of ether oxygens (including phenoxy) is 3. The highest BCUT2D eigenvalue weighted by Gasteiger charge is 2.81. The van der Waals surface area contributed by atoms with Crippen LogP contribution in [0.15, 0.2) is 58.2 Å². The molecule has 0 aromatic heterocycles. The van der Waals surface area contributed by atoms with Crippen molar-refractivity contribution in [3.05, 3.63) is 74.9 Å². The number of allylic oxidation sites excluding steroid dienone is 7. The standard InChI is InChI=1S/C44H60N2O8/c1-26(2)12-11-13-28(5)15-17-31-36(47)32(16-14-27(3)4)39-35(37(31)48)38(49)33-24-30-25-34-42(7,8)54-43(40(30)50,44(33,34)53-39)19-18-29(6)41(51)52-23-10-9-21-46-22-20-45/h12,14-15,18,24,30,34,46-48H,9-11,13,16-17,19-23,25,45H2,1-8H3/b28-15+,29-18-. The lowest BCUT2D eigenvalue weighted by Crippen LogP contribution is -2.72. The lowest BCUT2D eigenvalue weighted by atomic mass is 9.51. The van der Waals surface area contributed by atoms with Crippen LogP contribution in [0.3, 0.4) is 0 Å². The maximum absolute atomic E-state index is 14.9. The van der Waals surface area contributed by atoms with E-state index in [2.05, 4.69) is 25.2 Å². The maximum Gasteiger partial charge on any atom is 0.333 e. The first kappa shape index (κ1) is 41.2. The van der Waals surface area contributed by atoms with Crippen molar-refractivity contribution in [1.82, 2.24) is 5.32 Å². The molecule has 1 saturated carbocycles. The number of esters is 1. The molecule has 3 aliphatic carbocycles. The average molecular weight is 745 g/mol. The predicted molar refractivity (Wildman–Crippen MR) is 210 cm³/mol. The van der Waals surface area contributed by atoms with Crippen LogP contribution in [0, 0.1) is 11.8 Å². The molecule has 2 fully saturated rings. The van der Waals surface area contributed by atoms with Crippen LogP contribution in [0.25, 0.3) is 0 Å². The van der Waals surface area contributed by atoms with Gasteiger partial charge in [0.1, 0.15) is 22.8 Å². The number of carbonyl (C=O) groups excluding carboxylic acids is 3. The summed E-state index contributed by atoms with van der Waals surface area (Å²) in [5.41, 5.74) is 6.01. The van der Waals surface area contributed by atoms with E-state index in [1.165, 1.54) is 5.57 Å². The smallest absolute Gasteiger partial charge is 0.333 e. The number of phenolic OH excluding ortho intramolecular Hbond substituents is 2. The van der Waals surface area contributed by atoms with Crippen molar-refractivity contribution in [1.29, 1.82) is 0 Å². The van der Waals surface area contributed by atoms with Crippen LogP contribution in [0.2, 0.25) is 0 Å². The first-order valence-corrected chi connectivity index (χ1v) is 19.5. The summed E-state index contributed by atoms with van der Waals surface area (Å²) in [6.45, 7) is 17.8. The number of nitrogens with two attached hydrogens (primary N) is 1. The number of rotatable bonds is 17. The molecule has 294 valence electrons. The zero-order valence-corrected chi connectivity index (χ0v) is 33.4. The Hall–Kier alpha value is -3.99. The van der Waals surface area contributed by atoms with E-state index in [1.807, 2.05) is 46.8 Å². The fraction of sp³-hybridized carbons (Fsp3) is 0.568. The minimum absolute atomic E-state index is 0.00620. The van der Waals surface area contributed by atoms with E-state index in [1.54, 1.807) is 19.1 Å². The SMILES string of the molecule is CC(C)=CCC/C(C)=C/Cc1c(O)c(CC=C(C)C)c2c(c1O)C(=O)C1=CC3CC4C(C)(C)OC(C/C=C(/C)C(=O)OCCCCNCCN)(C3=O)C14O2. The summed E-state index contributed by atoms with van der Waals surface area (Å²) >= 11 is 0. The van der Waals surface area contributed by atoms with E-state index in [9.17, 15) is 24.6 Å². The Kier molecular flexibility index (Phi) is 12.5. The van der Waals surface area contributed by atoms with E-state index in [-0.39, 0.29) is 65.6 Å². The number of phenols is 2. The van der Waals surface area contributed by atoms with Gasteiger partial charge in [0, 0.05) is 53.6 Å². The summed E-state index contributed by atoms with van der Waals surface area (Å²) in [5, 5.41) is 27.0. The summed E-state index contributed by atoms with van der Waals surface area (Å²) in [5.74, 6) is -2.54. The zero-order chi connectivity index (χ0) is 39.6. The van der Waals surface area contributed by atoms with Crippen molar-refractivity contribution in [3.63, 3.8) is 0 Å². The molecule has 4 bridgehead atoms. The van der Waals surface area contributed by atoms with Crippen LogP contribution in [0.5, 0.6) is 17.2 Å². The van der Waals surface area contributed by atoms with Crippen molar-refractivity contribution in [2.75, 3.05) is 26.2 Å². The van der Waals surface area contributed by atoms with Gasteiger partial charge in [-0.25, -0.2) is 4.79 Å². The van der Waals surface area contributed by atoms with Crippen LogP contribution in [-0.2, 0) is 31.9 Å². The second-order valence-corrected chi connectivity index (χ2v) is 16.4. The van der Waals surface area contributed by atoms with Gasteiger partial charge < -0.3 is 35.5 Å². The number of Topliss-reactive ketones (excluding diaryl/α,β-unsaturated/α-hetero) is 2. The molecule has 4 atom stereocenters. The molecule has 54 heavy (non-hydrogen) atoms. The van der Waals surface area contributed by atoms with Crippen molar-refractivity contribution >= 4 is 17.5 Å². The Labute approximate surface area is 320 Å². The molecule has 4 unspecified atom stereocenters. The van der Waals surface area contributed by atoms with E-state index in [4.69, 9.17) is 19.9 Å². The molecule has 1 spiro atoms. The summed E-state index contributed by atoms with van der Waals surface area (Å²) < 4.78 is 19.5. The Bertz CT molecular complexity index is 1820. The molecule has 10 nitrogen and oxygen atoms in total. The molecular weight excluding hydrogens is 684 g/mol. The topological polar surface area (TPSA) is 157 Å². The van der Waals surface area contributed by atoms with Gasteiger partial charge in [0.15, 0.2) is 22.8 Å². The lowest BCUT2D eigenvalue weighted by molar-refractivity contribution is -0.171. The number of aromatic hydroxyl groups is 2. The Morgan fingerprint density at radius 2 is 1.67 bits per heavy atom. The molecule has 5 N–H and O–H groups in total. The van der Waals surface area contributed by atoms with Gasteiger partial charge in [-0.1, -0.05) is 47.1 Å². The largest absolute Gasteiger partial charge is 0.507 e. The number of carbonyl (C=O) groups is 3. The van der Waals surface area contributed by atoms with Gasteiger partial charge in [0.05, 0.1) is 12.2 Å². The highest BCUT2D eigenvalue weighted by atomic mass is 16.6. The lowest BCUT2D eigenvalue weighted by Gasteiger charge is -2.56. The molecule has 2 aliphatic heterocycles. The highest BCUT2D eigenvalue weighted by Crippen LogP contribution is 2.68. The number of benzene rings is 1. The third-order valence-corrected chi connectivity index (χ3v) is 11.5. The molecule has 6 rings (SSSR count). The summed E-state index contributed by atoms with van der Waals surface area (Å²) in [4.78, 5) is 42.5. The van der Waals surface area contributed by atoms with Crippen molar-refractivity contribution in [3.8, 4) is 17.2 Å². The monoisotopic (exact) mass is 744 g/mol. The summed E-state index contributed by atoms with van der Waals surface area (Å²) in [7, 11) is 0. The Balaban J connectivity index is 1.55. The predicted octanol–water partition coefficient (Wildman–Crippen LogP) is 7.06. The highest BCUT2D eigenvalue weighted by molar-refractivity contribution is 6.18. The van der Waals surface area contributed by atoms with Crippen molar-refractivity contribution in [2.45, 2.75) is 124 Å². The van der Waals surface area contributed by atoms with Gasteiger partial charge in [-0.3, -0.25) is 9.59 Å². The van der Waals surface area contributed by atoms with E-state index < -0.39 is 40.4 Å². The zero-order valence-electron chi connectivity index (χ0n) is 33.4. The molecule has 2 heterocycles. The fourth-order valence-electron chi connectivity index (χ4n) is 8.66. The number of hydrogen-bond donors (Lipinski definition) is 4. The fourth-order valence-corrected chi connectivity index (χ4v) is 8.66. The molecule has 5 aliphatic rings. The Morgan fingerprint density at radius 1 is 0.963 bits per heavy atom. The van der Waals surface area contributed by atoms with Gasteiger partial charge in [-0.2, -0.15) is 0 Å². The molecule has 10 heteroatoms. The van der Waals surface area contributed by atoms with Gasteiger partial charge in [-0.05, 0) is 107 Å². The number of fused-ring (bicyclic) bond motifs is 1. The van der Waals surface area contributed by atoms with Crippen LogP contribution in [0.4, 0.5) is 0 Å². The van der Waals surface area contributed by atoms with Crippen LogP contribution in [-0.4, -0.2) is 70.8 Å². The number of unbranched alkanes of at least 4 members (excludes halogenated alkanes) is 1. The van der Waals surface area contributed by atoms with Crippen LogP contribution >= 0.6 is 0 Å². The molecule has 1 aromatic rings. The number of ketones is 2. The van der Waals surface area contributed by atoms with Crippen LogP contribution < -0.4 is 15.8 Å². The minimum Gasteiger partial charge on any atom is -0.507 e. The average Bonchev–Trinajstić information content (AvgIpc) is 3.26. The Morgan fingerprint density at radius 3 is 2.35 bits per heavy atom. The second-order valence-electron chi connectivity index (χ2n) is 16.4. The first-order valence-electron chi connectivity index (χ1n) is 19.5. The maximum atomic E-state index is 14.9. The normalized spacial score (nSPS) is 25.1. The van der Waals surface area contributed by atoms with Gasteiger partial charge in [0.25, 0.3) is 0 Å². The van der Waals surface area contributed by atoms with E-state index in [0.717, 1.165) is 43.5 Å². The number of nitrogens with one attached hydrogen (secondary N) is 1. The van der Waals surface area contributed by atoms with Crippen molar-refractivity contribution in [2.24, 2.45) is 17.6 Å². The van der Waals surface area contributed by atoms with Gasteiger partial charge >= 0.3 is 5.97 Å². The minimum atomic E-state index is -1.64. The quantitative estimate of drug-likeness (QED) is 0.0564. The first-order chi connectivity index (χ1) is 25.5. The number of hydrogen-bond acceptors (Lipinski definition) is 10. The van der Waals surface area contributed by atoms with E-state index in [0.29, 0.717) is 30.5 Å². The third-order valence-electron chi connectivity index (χ3n) is 11.5. The molecule has 1 saturated heterocycles. The van der Waals surface area contributed by atoms with Crippen LogP contribution in [0.1, 0.15) is 115 Å². The summed E-state index contributed by atoms with van der Waals surface area (Å²) in [6, 6.07) is 0.